The number of anilines is 1. The molecule has 7 heteroatoms. The fraction of sp³-hybridized carbons (Fsp3) is 0.636. The number of ether oxygens (including phenoxy) is 1. The molecule has 0 radical (unpaired) electrons. The Balaban J connectivity index is 2.01. The number of nitrogens with one attached hydrogen (secondary N) is 1. The zero-order valence-corrected chi connectivity index (χ0v) is 9.59. The van der Waals surface area contributed by atoms with Gasteiger partial charge in [-0.1, -0.05) is 0 Å². The molecule has 3 rings (SSSR count). The van der Waals surface area contributed by atoms with Crippen molar-refractivity contribution in [2.45, 2.75) is 18.6 Å². The third-order valence-corrected chi connectivity index (χ3v) is 3.34. The van der Waals surface area contributed by atoms with E-state index in [0.717, 1.165) is 19.4 Å². The zero-order valence-electron chi connectivity index (χ0n) is 9.59. The van der Waals surface area contributed by atoms with Crippen LogP contribution < -0.4 is 15.0 Å². The van der Waals surface area contributed by atoms with Crippen LogP contribution in [-0.4, -0.2) is 32.3 Å². The summed E-state index contributed by atoms with van der Waals surface area (Å²) in [4.78, 5) is 1.87. The minimum atomic E-state index is -4.44. The number of furan rings is 1. The summed E-state index contributed by atoms with van der Waals surface area (Å²) >= 11 is 0. The van der Waals surface area contributed by atoms with Gasteiger partial charge in [-0.15, -0.1) is 0 Å². The van der Waals surface area contributed by atoms with E-state index in [-0.39, 0.29) is 24.3 Å². The number of piperazine rings is 1. The van der Waals surface area contributed by atoms with Crippen LogP contribution in [0.1, 0.15) is 12.0 Å². The highest BCUT2D eigenvalue weighted by molar-refractivity contribution is 5.57. The molecule has 0 saturated carbocycles. The highest BCUT2D eigenvalue weighted by atomic mass is 19.4. The summed E-state index contributed by atoms with van der Waals surface area (Å²) in [5.74, 6) is 0.0539. The van der Waals surface area contributed by atoms with E-state index in [1.807, 2.05) is 4.90 Å². The monoisotopic (exact) mass is 262 g/mol. The molecule has 0 bridgehead atoms. The van der Waals surface area contributed by atoms with Crippen LogP contribution in [0, 0.1) is 0 Å². The SMILES string of the molecule is FC(F)(F)c1coc2c1OCCC1CNCCN21. The van der Waals surface area contributed by atoms with Gasteiger partial charge in [0.2, 0.25) is 5.88 Å². The normalized spacial score (nSPS) is 23.9. The summed E-state index contributed by atoms with van der Waals surface area (Å²) < 4.78 is 48.8. The van der Waals surface area contributed by atoms with Crippen molar-refractivity contribution in [3.05, 3.63) is 11.8 Å². The molecule has 2 aliphatic heterocycles. The zero-order chi connectivity index (χ0) is 12.8. The highest BCUT2D eigenvalue weighted by Gasteiger charge is 2.41. The van der Waals surface area contributed by atoms with Gasteiger partial charge in [-0.2, -0.15) is 13.2 Å². The number of fused-ring (bicyclic) bond motifs is 3. The van der Waals surface area contributed by atoms with Crippen LogP contribution in [0.15, 0.2) is 10.7 Å². The standard InChI is InChI=1S/C11H13F3N2O2/c12-11(13,14)8-6-18-10-9(8)17-4-1-7-5-15-2-3-16(7)10/h6-7,15H,1-5H2. The number of nitrogens with zero attached hydrogens (tertiary/aromatic N) is 1. The number of alkyl halides is 3. The fourth-order valence-corrected chi connectivity index (χ4v) is 2.45. The van der Waals surface area contributed by atoms with E-state index in [0.29, 0.717) is 13.0 Å². The quantitative estimate of drug-likeness (QED) is 0.774. The van der Waals surface area contributed by atoms with Crippen molar-refractivity contribution < 1.29 is 22.3 Å². The lowest BCUT2D eigenvalue weighted by Crippen LogP contribution is -2.51. The summed E-state index contributed by atoms with van der Waals surface area (Å²) in [6.45, 7) is 2.38. The molecule has 1 atom stereocenters. The smallest absolute Gasteiger partial charge is 0.423 e. The molecule has 0 aliphatic carbocycles. The van der Waals surface area contributed by atoms with Gasteiger partial charge in [0.05, 0.1) is 6.61 Å². The molecular formula is C11H13F3N2O2. The largest absolute Gasteiger partial charge is 0.487 e. The first-order valence-corrected chi connectivity index (χ1v) is 5.86. The molecule has 1 aromatic rings. The molecule has 4 nitrogen and oxygen atoms in total. The summed E-state index contributed by atoms with van der Waals surface area (Å²) in [5.41, 5.74) is -0.823. The van der Waals surface area contributed by atoms with E-state index in [2.05, 4.69) is 5.32 Å². The number of halogens is 3. The molecule has 1 fully saturated rings. The van der Waals surface area contributed by atoms with E-state index in [1.165, 1.54) is 0 Å². The lowest BCUT2D eigenvalue weighted by Gasteiger charge is -2.34. The molecule has 0 amide bonds. The Morgan fingerprint density at radius 3 is 3.00 bits per heavy atom. The van der Waals surface area contributed by atoms with Gasteiger partial charge >= 0.3 is 6.18 Å². The maximum absolute atomic E-state index is 12.8. The maximum Gasteiger partial charge on any atom is 0.423 e. The van der Waals surface area contributed by atoms with Crippen LogP contribution >= 0.6 is 0 Å². The predicted octanol–water partition coefficient (Wildman–Crippen LogP) is 1.86. The molecule has 1 N–H and O–H groups in total. The fourth-order valence-electron chi connectivity index (χ4n) is 2.45. The van der Waals surface area contributed by atoms with Crippen molar-refractivity contribution in [1.82, 2.24) is 5.32 Å². The molecule has 3 heterocycles. The predicted molar refractivity (Wildman–Crippen MR) is 57.8 cm³/mol. The minimum Gasteiger partial charge on any atom is -0.487 e. The van der Waals surface area contributed by atoms with Gasteiger partial charge in [-0.05, 0) is 0 Å². The summed E-state index contributed by atoms with van der Waals surface area (Å²) in [6.07, 6.45) is -3.01. The Labute approximate surface area is 102 Å². The first-order valence-electron chi connectivity index (χ1n) is 5.86. The average molecular weight is 262 g/mol. The van der Waals surface area contributed by atoms with E-state index in [1.54, 1.807) is 0 Å². The third kappa shape index (κ3) is 1.82. The average Bonchev–Trinajstić information content (AvgIpc) is 2.66. The Kier molecular flexibility index (Phi) is 2.65. The Morgan fingerprint density at radius 1 is 1.39 bits per heavy atom. The van der Waals surface area contributed by atoms with Crippen molar-refractivity contribution in [3.8, 4) is 5.75 Å². The van der Waals surface area contributed by atoms with Gasteiger partial charge in [0.25, 0.3) is 0 Å². The second kappa shape index (κ2) is 4.08. The Bertz CT molecular complexity index is 444. The molecule has 0 spiro atoms. The van der Waals surface area contributed by atoms with Crippen LogP contribution in [0.5, 0.6) is 5.75 Å². The van der Waals surface area contributed by atoms with Crippen LogP contribution in [-0.2, 0) is 6.18 Å². The van der Waals surface area contributed by atoms with Crippen LogP contribution in [0.3, 0.4) is 0 Å². The molecular weight excluding hydrogens is 249 g/mol. The van der Waals surface area contributed by atoms with E-state index in [4.69, 9.17) is 9.15 Å². The van der Waals surface area contributed by atoms with Crippen LogP contribution in [0.4, 0.5) is 19.1 Å². The van der Waals surface area contributed by atoms with Gasteiger partial charge in [0, 0.05) is 32.1 Å². The van der Waals surface area contributed by atoms with Crippen molar-refractivity contribution in [2.75, 3.05) is 31.1 Å². The number of hydrogen-bond acceptors (Lipinski definition) is 4. The summed E-state index contributed by atoms with van der Waals surface area (Å²) in [5, 5.41) is 3.22. The Hall–Kier alpha value is -1.37. The molecule has 18 heavy (non-hydrogen) atoms. The van der Waals surface area contributed by atoms with Gasteiger partial charge in [-0.25, -0.2) is 0 Å². The van der Waals surface area contributed by atoms with Crippen LogP contribution in [0.25, 0.3) is 0 Å². The van der Waals surface area contributed by atoms with Gasteiger partial charge in [-0.3, -0.25) is 0 Å². The van der Waals surface area contributed by atoms with Gasteiger partial charge < -0.3 is 19.4 Å². The lowest BCUT2D eigenvalue weighted by atomic mass is 10.1. The summed E-state index contributed by atoms with van der Waals surface area (Å²) in [6, 6.07) is 0.132. The lowest BCUT2D eigenvalue weighted by molar-refractivity contribution is -0.139. The van der Waals surface area contributed by atoms with Gasteiger partial charge in [0.1, 0.15) is 11.8 Å². The number of hydrogen-bond donors (Lipinski definition) is 1. The highest BCUT2D eigenvalue weighted by Crippen LogP contribution is 2.45. The molecule has 1 unspecified atom stereocenters. The summed E-state index contributed by atoms with van der Waals surface area (Å²) in [7, 11) is 0. The minimum absolute atomic E-state index is 0.132. The molecule has 1 aromatic heterocycles. The van der Waals surface area contributed by atoms with Crippen LogP contribution in [0.2, 0.25) is 0 Å². The third-order valence-electron chi connectivity index (χ3n) is 3.34. The topological polar surface area (TPSA) is 37.6 Å². The number of rotatable bonds is 0. The maximum atomic E-state index is 12.8. The van der Waals surface area contributed by atoms with E-state index >= 15 is 0 Å². The molecule has 1 saturated heterocycles. The Morgan fingerprint density at radius 2 is 2.22 bits per heavy atom. The first-order chi connectivity index (χ1) is 8.57. The molecule has 2 aliphatic rings. The molecule has 0 aromatic carbocycles. The van der Waals surface area contributed by atoms with Crippen molar-refractivity contribution in [1.29, 1.82) is 0 Å². The van der Waals surface area contributed by atoms with Crippen molar-refractivity contribution in [3.63, 3.8) is 0 Å². The van der Waals surface area contributed by atoms with Crippen molar-refractivity contribution >= 4 is 5.88 Å². The van der Waals surface area contributed by atoms with Gasteiger partial charge in [0.15, 0.2) is 5.75 Å². The second-order valence-electron chi connectivity index (χ2n) is 4.47. The first kappa shape index (κ1) is 11.7. The van der Waals surface area contributed by atoms with E-state index < -0.39 is 11.7 Å². The van der Waals surface area contributed by atoms with Crippen molar-refractivity contribution in [2.24, 2.45) is 0 Å². The van der Waals surface area contributed by atoms with E-state index in [9.17, 15) is 13.2 Å². The molecule has 100 valence electrons. The second-order valence-corrected chi connectivity index (χ2v) is 4.47.